The second-order valence-corrected chi connectivity index (χ2v) is 5.74. The van der Waals surface area contributed by atoms with Crippen LogP contribution in [0.15, 0.2) is 12.4 Å². The zero-order chi connectivity index (χ0) is 14.3. The van der Waals surface area contributed by atoms with Crippen LogP contribution in [0.1, 0.15) is 19.4 Å². The molecule has 2 saturated heterocycles. The maximum atomic E-state index is 14.4. The number of ether oxygens (including phenoxy) is 1. The summed E-state index contributed by atoms with van der Waals surface area (Å²) in [6.45, 7) is 4.41. The normalized spacial score (nSPS) is 29.9. The summed E-state index contributed by atoms with van der Waals surface area (Å²) in [6, 6.07) is -0.426. The SMILES string of the molecule is CC1(N2CCC(n3cc([N+](=O)[O-])cn3)[C@H](F)C2)COC1. The lowest BCUT2D eigenvalue weighted by Crippen LogP contribution is -2.63. The van der Waals surface area contributed by atoms with Crippen LogP contribution < -0.4 is 0 Å². The van der Waals surface area contributed by atoms with Gasteiger partial charge >= 0.3 is 5.69 Å². The summed E-state index contributed by atoms with van der Waals surface area (Å²) in [4.78, 5) is 12.2. The Bertz CT molecular complexity index is 517. The predicted molar refractivity (Wildman–Crippen MR) is 68.2 cm³/mol. The molecule has 0 saturated carbocycles. The van der Waals surface area contributed by atoms with Gasteiger partial charge in [-0.15, -0.1) is 0 Å². The Kier molecular flexibility index (Phi) is 3.21. The lowest BCUT2D eigenvalue weighted by Gasteiger charge is -2.50. The minimum atomic E-state index is -1.08. The zero-order valence-electron chi connectivity index (χ0n) is 11.2. The average molecular weight is 284 g/mol. The van der Waals surface area contributed by atoms with Crippen molar-refractivity contribution in [3.63, 3.8) is 0 Å². The molecule has 20 heavy (non-hydrogen) atoms. The number of hydrogen-bond donors (Lipinski definition) is 0. The number of piperidine rings is 1. The van der Waals surface area contributed by atoms with Gasteiger partial charge in [0.25, 0.3) is 0 Å². The number of aromatic nitrogens is 2. The van der Waals surface area contributed by atoms with Crippen LogP contribution in [0.25, 0.3) is 0 Å². The molecule has 8 heteroatoms. The number of rotatable bonds is 3. The van der Waals surface area contributed by atoms with Gasteiger partial charge in [0.2, 0.25) is 0 Å². The smallest absolute Gasteiger partial charge is 0.307 e. The van der Waals surface area contributed by atoms with Gasteiger partial charge in [-0.05, 0) is 13.3 Å². The first-order valence-corrected chi connectivity index (χ1v) is 6.65. The van der Waals surface area contributed by atoms with E-state index in [1.807, 2.05) is 0 Å². The van der Waals surface area contributed by atoms with Crippen molar-refractivity contribution in [2.24, 2.45) is 0 Å². The Balaban J connectivity index is 1.69. The van der Waals surface area contributed by atoms with E-state index in [-0.39, 0.29) is 11.2 Å². The summed E-state index contributed by atoms with van der Waals surface area (Å²) in [7, 11) is 0. The van der Waals surface area contributed by atoms with Gasteiger partial charge in [0, 0.05) is 13.1 Å². The van der Waals surface area contributed by atoms with Crippen LogP contribution >= 0.6 is 0 Å². The van der Waals surface area contributed by atoms with Crippen LogP contribution in [0.5, 0.6) is 0 Å². The Morgan fingerprint density at radius 3 is 2.85 bits per heavy atom. The van der Waals surface area contributed by atoms with E-state index < -0.39 is 17.1 Å². The van der Waals surface area contributed by atoms with E-state index in [0.717, 1.165) is 6.54 Å². The molecule has 0 aliphatic carbocycles. The molecule has 0 aromatic carbocycles. The zero-order valence-corrected chi connectivity index (χ0v) is 11.2. The fourth-order valence-electron chi connectivity index (χ4n) is 2.86. The van der Waals surface area contributed by atoms with Gasteiger partial charge in [-0.3, -0.25) is 19.7 Å². The molecule has 1 aromatic rings. The van der Waals surface area contributed by atoms with Crippen molar-refractivity contribution in [2.45, 2.75) is 31.1 Å². The Hall–Kier alpha value is -1.54. The van der Waals surface area contributed by atoms with Gasteiger partial charge in [-0.1, -0.05) is 0 Å². The molecule has 2 fully saturated rings. The van der Waals surface area contributed by atoms with Crippen LogP contribution in [-0.2, 0) is 4.74 Å². The molecule has 110 valence electrons. The molecular weight excluding hydrogens is 267 g/mol. The minimum Gasteiger partial charge on any atom is -0.377 e. The molecule has 3 rings (SSSR count). The minimum absolute atomic E-state index is 0.0641. The molecule has 1 aromatic heterocycles. The molecule has 2 atom stereocenters. The summed E-state index contributed by atoms with van der Waals surface area (Å²) < 4.78 is 21.0. The van der Waals surface area contributed by atoms with Gasteiger partial charge in [0.05, 0.1) is 29.7 Å². The largest absolute Gasteiger partial charge is 0.377 e. The van der Waals surface area contributed by atoms with Gasteiger partial charge in [-0.25, -0.2) is 4.39 Å². The maximum Gasteiger partial charge on any atom is 0.307 e. The van der Waals surface area contributed by atoms with Gasteiger partial charge < -0.3 is 4.74 Å². The van der Waals surface area contributed by atoms with Crippen molar-refractivity contribution in [1.82, 2.24) is 14.7 Å². The third-order valence-electron chi connectivity index (χ3n) is 4.24. The van der Waals surface area contributed by atoms with Gasteiger partial charge in [0.1, 0.15) is 18.6 Å². The highest BCUT2D eigenvalue weighted by atomic mass is 19.1. The molecule has 3 heterocycles. The van der Waals surface area contributed by atoms with E-state index in [9.17, 15) is 14.5 Å². The monoisotopic (exact) mass is 284 g/mol. The molecule has 0 N–H and O–H groups in total. The Morgan fingerprint density at radius 2 is 2.35 bits per heavy atom. The first-order valence-electron chi connectivity index (χ1n) is 6.65. The van der Waals surface area contributed by atoms with Crippen LogP contribution in [0.4, 0.5) is 10.1 Å². The van der Waals surface area contributed by atoms with Crippen molar-refractivity contribution in [3.05, 3.63) is 22.5 Å². The molecule has 0 bridgehead atoms. The summed E-state index contributed by atoms with van der Waals surface area (Å²) in [5.74, 6) is 0. The molecule has 2 aliphatic rings. The molecule has 7 nitrogen and oxygen atoms in total. The molecule has 2 aliphatic heterocycles. The van der Waals surface area contributed by atoms with E-state index in [2.05, 4.69) is 16.9 Å². The van der Waals surface area contributed by atoms with Gasteiger partial charge in [0.15, 0.2) is 0 Å². The van der Waals surface area contributed by atoms with Crippen LogP contribution in [-0.4, -0.2) is 57.6 Å². The molecule has 1 unspecified atom stereocenters. The van der Waals surface area contributed by atoms with Crippen molar-refractivity contribution in [2.75, 3.05) is 26.3 Å². The highest BCUT2D eigenvalue weighted by Crippen LogP contribution is 2.33. The Labute approximate surface area is 115 Å². The number of hydrogen-bond acceptors (Lipinski definition) is 5. The topological polar surface area (TPSA) is 73.4 Å². The van der Waals surface area contributed by atoms with Crippen LogP contribution in [0.3, 0.4) is 0 Å². The summed E-state index contributed by atoms with van der Waals surface area (Å²) in [6.07, 6.45) is 1.98. The van der Waals surface area contributed by atoms with Crippen molar-refractivity contribution < 1.29 is 14.1 Å². The number of likely N-dealkylation sites (tertiary alicyclic amines) is 1. The molecule has 0 radical (unpaired) electrons. The van der Waals surface area contributed by atoms with Crippen LogP contribution in [0.2, 0.25) is 0 Å². The van der Waals surface area contributed by atoms with E-state index in [1.54, 1.807) is 0 Å². The number of nitro groups is 1. The van der Waals surface area contributed by atoms with Crippen molar-refractivity contribution >= 4 is 5.69 Å². The highest BCUT2D eigenvalue weighted by Gasteiger charge is 2.44. The summed E-state index contributed by atoms with van der Waals surface area (Å²) in [5.41, 5.74) is -0.162. The van der Waals surface area contributed by atoms with Crippen LogP contribution in [0, 0.1) is 10.1 Å². The lowest BCUT2D eigenvalue weighted by molar-refractivity contribution is -0.385. The number of halogens is 1. The quantitative estimate of drug-likeness (QED) is 0.615. The third-order valence-corrected chi connectivity index (χ3v) is 4.24. The maximum absolute atomic E-state index is 14.4. The average Bonchev–Trinajstić information content (AvgIpc) is 2.85. The number of nitrogens with zero attached hydrogens (tertiary/aromatic N) is 4. The van der Waals surface area contributed by atoms with E-state index in [0.29, 0.717) is 26.2 Å². The second kappa shape index (κ2) is 4.78. The summed E-state index contributed by atoms with van der Waals surface area (Å²) >= 11 is 0. The summed E-state index contributed by atoms with van der Waals surface area (Å²) in [5, 5.41) is 14.6. The number of alkyl halides is 1. The molecular formula is C12H17FN4O3. The van der Waals surface area contributed by atoms with E-state index >= 15 is 0 Å². The van der Waals surface area contributed by atoms with Crippen molar-refractivity contribution in [1.29, 1.82) is 0 Å². The van der Waals surface area contributed by atoms with Gasteiger partial charge in [-0.2, -0.15) is 5.10 Å². The second-order valence-electron chi connectivity index (χ2n) is 5.74. The highest BCUT2D eigenvalue weighted by molar-refractivity contribution is 5.21. The predicted octanol–water partition coefficient (Wildman–Crippen LogP) is 1.17. The van der Waals surface area contributed by atoms with E-state index in [1.165, 1.54) is 17.1 Å². The van der Waals surface area contributed by atoms with E-state index in [4.69, 9.17) is 4.74 Å². The standard InChI is InChI=1S/C12H17FN4O3/c1-12(7-20-8-12)15-3-2-11(10(13)6-15)16-5-9(4-14-16)17(18)19/h4-5,10-11H,2-3,6-8H2,1H3/t10-,11?/m1/s1. The fraction of sp³-hybridized carbons (Fsp3) is 0.750. The van der Waals surface area contributed by atoms with Crippen molar-refractivity contribution in [3.8, 4) is 0 Å². The fourth-order valence-corrected chi connectivity index (χ4v) is 2.86. The molecule has 0 spiro atoms. The molecule has 0 amide bonds. The third kappa shape index (κ3) is 2.18. The lowest BCUT2D eigenvalue weighted by atomic mass is 9.92. The first kappa shape index (κ1) is 13.4. The Morgan fingerprint density at radius 1 is 1.60 bits per heavy atom. The first-order chi connectivity index (χ1) is 9.49.